The minimum Gasteiger partial charge on any atom is -0.497 e. The molecule has 1 fully saturated rings. The first-order chi connectivity index (χ1) is 14.7. The Balaban J connectivity index is 1.87. The summed E-state index contributed by atoms with van der Waals surface area (Å²) in [5.41, 5.74) is 1.66. The average molecular weight is 448 g/mol. The monoisotopic (exact) mass is 447 g/mol. The van der Waals surface area contributed by atoms with Crippen LogP contribution in [0.1, 0.15) is 52.7 Å². The number of ether oxygens (including phenoxy) is 1. The first-order valence-electron chi connectivity index (χ1n) is 10.2. The van der Waals surface area contributed by atoms with Crippen LogP contribution >= 0.6 is 0 Å². The zero-order chi connectivity index (χ0) is 22.6. The Morgan fingerprint density at radius 2 is 1.97 bits per heavy atom. The fourth-order valence-corrected chi connectivity index (χ4v) is 4.91. The molecule has 1 aliphatic heterocycles. The summed E-state index contributed by atoms with van der Waals surface area (Å²) in [6.07, 6.45) is 3.71. The molecule has 2 aromatic rings. The second-order valence-corrected chi connectivity index (χ2v) is 9.75. The van der Waals surface area contributed by atoms with E-state index in [4.69, 9.17) is 4.74 Å². The van der Waals surface area contributed by atoms with E-state index in [-0.39, 0.29) is 5.91 Å². The SMILES string of the molecule is COc1ccc(CNC(=O)c2cnc(C)nc2[C@H]2CCCCN2S(=O)(=O)N(C)C)cc1. The number of rotatable bonds is 7. The van der Waals surface area contributed by atoms with Gasteiger partial charge in [0.1, 0.15) is 11.6 Å². The van der Waals surface area contributed by atoms with E-state index in [1.54, 1.807) is 14.0 Å². The number of hydrogen-bond acceptors (Lipinski definition) is 6. The van der Waals surface area contributed by atoms with Gasteiger partial charge in [0.2, 0.25) is 0 Å². The predicted octanol–water partition coefficient (Wildman–Crippen LogP) is 2.06. The van der Waals surface area contributed by atoms with Crippen LogP contribution in [0.15, 0.2) is 30.5 Å². The number of carbonyl (C=O) groups excluding carboxylic acids is 1. The standard InChI is InChI=1S/C21H29N5O4S/c1-15-22-14-18(21(27)23-13-16-8-10-17(30-4)11-9-16)20(24-15)19-7-5-6-12-26(19)31(28,29)25(2)3/h8-11,14,19H,5-7,12-13H2,1-4H3,(H,23,27)/t19-/m1/s1. The highest BCUT2D eigenvalue weighted by atomic mass is 32.2. The summed E-state index contributed by atoms with van der Waals surface area (Å²) in [5.74, 6) is 0.900. The molecule has 0 unspecified atom stereocenters. The Hall–Kier alpha value is -2.56. The van der Waals surface area contributed by atoms with Crippen LogP contribution in [0.3, 0.4) is 0 Å². The van der Waals surface area contributed by atoms with E-state index in [9.17, 15) is 13.2 Å². The Kier molecular flexibility index (Phi) is 7.24. The van der Waals surface area contributed by atoms with Gasteiger partial charge in [-0.3, -0.25) is 4.79 Å². The predicted molar refractivity (Wildman–Crippen MR) is 117 cm³/mol. The maximum atomic E-state index is 13.0. The molecule has 1 N–H and O–H groups in total. The first kappa shape index (κ1) is 23.1. The van der Waals surface area contributed by atoms with Crippen LogP contribution in [0.5, 0.6) is 5.75 Å². The third-order valence-corrected chi connectivity index (χ3v) is 7.28. The molecule has 1 saturated heterocycles. The lowest BCUT2D eigenvalue weighted by atomic mass is 9.98. The molecule has 0 radical (unpaired) electrons. The van der Waals surface area contributed by atoms with Crippen LogP contribution in [-0.2, 0) is 16.8 Å². The highest BCUT2D eigenvalue weighted by Crippen LogP contribution is 2.34. The summed E-state index contributed by atoms with van der Waals surface area (Å²) in [5, 5.41) is 2.89. The number of piperidine rings is 1. The Labute approximate surface area is 183 Å². The van der Waals surface area contributed by atoms with Crippen molar-refractivity contribution >= 4 is 16.1 Å². The number of hydrogen-bond donors (Lipinski definition) is 1. The topological polar surface area (TPSA) is 105 Å². The van der Waals surface area contributed by atoms with E-state index in [0.29, 0.717) is 36.6 Å². The van der Waals surface area contributed by atoms with Gasteiger partial charge in [0.05, 0.1) is 24.4 Å². The van der Waals surface area contributed by atoms with Crippen molar-refractivity contribution in [2.75, 3.05) is 27.7 Å². The third-order valence-electron chi connectivity index (χ3n) is 5.32. The zero-order valence-corrected chi connectivity index (χ0v) is 19.1. The molecule has 0 spiro atoms. The average Bonchev–Trinajstić information content (AvgIpc) is 2.77. The number of nitrogens with one attached hydrogen (secondary N) is 1. The number of aryl methyl sites for hydroxylation is 1. The van der Waals surface area contributed by atoms with Gasteiger partial charge in [0.25, 0.3) is 16.1 Å². The Morgan fingerprint density at radius 3 is 2.61 bits per heavy atom. The van der Waals surface area contributed by atoms with Gasteiger partial charge in [0, 0.05) is 33.4 Å². The van der Waals surface area contributed by atoms with Crippen molar-refractivity contribution < 1.29 is 17.9 Å². The lowest BCUT2D eigenvalue weighted by molar-refractivity contribution is 0.0946. The fourth-order valence-electron chi connectivity index (χ4n) is 3.60. The molecule has 1 atom stereocenters. The maximum Gasteiger partial charge on any atom is 0.282 e. The smallest absolute Gasteiger partial charge is 0.282 e. The second-order valence-electron chi connectivity index (χ2n) is 7.66. The molecular weight excluding hydrogens is 418 g/mol. The summed E-state index contributed by atoms with van der Waals surface area (Å²) in [7, 11) is 0.963. The molecule has 1 aliphatic rings. The van der Waals surface area contributed by atoms with Crippen LogP contribution in [-0.4, -0.2) is 60.7 Å². The Bertz CT molecular complexity index is 1020. The highest BCUT2D eigenvalue weighted by molar-refractivity contribution is 7.86. The van der Waals surface area contributed by atoms with Crippen LogP contribution in [0, 0.1) is 6.92 Å². The summed E-state index contributed by atoms with van der Waals surface area (Å²) in [6.45, 7) is 2.44. The molecular formula is C21H29N5O4S. The van der Waals surface area contributed by atoms with Gasteiger partial charge in [-0.15, -0.1) is 0 Å². The normalized spacial score (nSPS) is 17.5. The van der Waals surface area contributed by atoms with Gasteiger partial charge < -0.3 is 10.1 Å². The van der Waals surface area contributed by atoms with E-state index in [1.165, 1.54) is 28.9 Å². The molecule has 1 aromatic heterocycles. The van der Waals surface area contributed by atoms with Crippen molar-refractivity contribution in [3.63, 3.8) is 0 Å². The number of amides is 1. The number of carbonyl (C=O) groups is 1. The molecule has 31 heavy (non-hydrogen) atoms. The quantitative estimate of drug-likeness (QED) is 0.697. The van der Waals surface area contributed by atoms with E-state index in [2.05, 4.69) is 15.3 Å². The molecule has 0 aliphatic carbocycles. The van der Waals surface area contributed by atoms with Crippen molar-refractivity contribution in [2.24, 2.45) is 0 Å². The maximum absolute atomic E-state index is 13.0. The number of methoxy groups -OCH3 is 1. The van der Waals surface area contributed by atoms with Crippen molar-refractivity contribution in [1.29, 1.82) is 0 Å². The molecule has 0 saturated carbocycles. The molecule has 10 heteroatoms. The van der Waals surface area contributed by atoms with Crippen LogP contribution in [0.25, 0.3) is 0 Å². The lowest BCUT2D eigenvalue weighted by Crippen LogP contribution is -2.45. The largest absolute Gasteiger partial charge is 0.497 e. The zero-order valence-electron chi connectivity index (χ0n) is 18.3. The summed E-state index contributed by atoms with van der Waals surface area (Å²) in [4.78, 5) is 21.7. The van der Waals surface area contributed by atoms with Crippen LogP contribution in [0.2, 0.25) is 0 Å². The summed E-state index contributed by atoms with van der Waals surface area (Å²) in [6, 6.07) is 6.89. The molecule has 0 bridgehead atoms. The fraction of sp³-hybridized carbons (Fsp3) is 0.476. The van der Waals surface area contributed by atoms with Crippen LogP contribution in [0.4, 0.5) is 0 Å². The van der Waals surface area contributed by atoms with Gasteiger partial charge in [-0.05, 0) is 37.5 Å². The van der Waals surface area contributed by atoms with Gasteiger partial charge in [-0.2, -0.15) is 17.0 Å². The molecule has 1 aromatic carbocycles. The van der Waals surface area contributed by atoms with Crippen molar-refractivity contribution in [3.8, 4) is 5.75 Å². The summed E-state index contributed by atoms with van der Waals surface area (Å²) < 4.78 is 33.6. The Morgan fingerprint density at radius 1 is 1.26 bits per heavy atom. The number of benzene rings is 1. The first-order valence-corrected chi connectivity index (χ1v) is 11.6. The van der Waals surface area contributed by atoms with Crippen molar-refractivity contribution in [3.05, 3.63) is 53.1 Å². The molecule has 3 rings (SSSR count). The molecule has 2 heterocycles. The molecule has 168 valence electrons. The van der Waals surface area contributed by atoms with Crippen LogP contribution < -0.4 is 10.1 Å². The van der Waals surface area contributed by atoms with E-state index >= 15 is 0 Å². The number of nitrogens with zero attached hydrogens (tertiary/aromatic N) is 4. The minimum atomic E-state index is -3.65. The minimum absolute atomic E-state index is 0.296. The second kappa shape index (κ2) is 9.71. The van der Waals surface area contributed by atoms with Gasteiger partial charge >= 0.3 is 0 Å². The van der Waals surface area contributed by atoms with E-state index < -0.39 is 16.3 Å². The van der Waals surface area contributed by atoms with Crippen molar-refractivity contribution in [1.82, 2.24) is 23.9 Å². The molecule has 1 amide bonds. The third kappa shape index (κ3) is 5.20. The molecule has 9 nitrogen and oxygen atoms in total. The van der Waals surface area contributed by atoms with Gasteiger partial charge in [0.15, 0.2) is 0 Å². The van der Waals surface area contributed by atoms with Crippen molar-refractivity contribution in [2.45, 2.75) is 38.8 Å². The number of aromatic nitrogens is 2. The lowest BCUT2D eigenvalue weighted by Gasteiger charge is -2.36. The van der Waals surface area contributed by atoms with E-state index in [1.807, 2.05) is 24.3 Å². The highest BCUT2D eigenvalue weighted by Gasteiger charge is 2.37. The summed E-state index contributed by atoms with van der Waals surface area (Å²) >= 11 is 0. The van der Waals surface area contributed by atoms with Gasteiger partial charge in [-0.25, -0.2) is 9.97 Å². The van der Waals surface area contributed by atoms with Gasteiger partial charge in [-0.1, -0.05) is 18.6 Å². The van der Waals surface area contributed by atoms with E-state index in [0.717, 1.165) is 24.2 Å².